The van der Waals surface area contributed by atoms with Crippen molar-refractivity contribution >= 4 is 0 Å². The second kappa shape index (κ2) is 3.75. The van der Waals surface area contributed by atoms with Gasteiger partial charge < -0.3 is 4.74 Å². The second-order valence-corrected chi connectivity index (χ2v) is 4.74. The molecule has 0 spiro atoms. The molecule has 2 heteroatoms. The first-order valence-corrected chi connectivity index (χ1v) is 4.86. The smallest absolute Gasteiger partial charge is 0.0753 e. The Bertz CT molecular complexity index is 143. The number of ether oxygens (including phenoxy) is 1. The van der Waals surface area contributed by atoms with Crippen LogP contribution in [0.4, 0.5) is 0 Å². The van der Waals surface area contributed by atoms with E-state index in [1.807, 2.05) is 0 Å². The fourth-order valence-electron chi connectivity index (χ4n) is 1.79. The van der Waals surface area contributed by atoms with E-state index in [0.29, 0.717) is 0 Å². The van der Waals surface area contributed by atoms with Crippen molar-refractivity contribution in [2.45, 2.75) is 33.3 Å². The lowest BCUT2D eigenvalue weighted by molar-refractivity contribution is -0.0880. The van der Waals surface area contributed by atoms with Crippen LogP contribution >= 0.6 is 0 Å². The molecule has 0 aromatic heterocycles. The Morgan fingerprint density at radius 1 is 1.42 bits per heavy atom. The average molecular weight is 171 g/mol. The molecule has 1 aliphatic rings. The molecule has 0 saturated carbocycles. The molecule has 12 heavy (non-hydrogen) atoms. The molecule has 72 valence electrons. The monoisotopic (exact) mass is 171 g/mol. The van der Waals surface area contributed by atoms with Crippen LogP contribution in [0.15, 0.2) is 0 Å². The van der Waals surface area contributed by atoms with Gasteiger partial charge in [0, 0.05) is 19.6 Å². The molecule has 1 aliphatic heterocycles. The minimum absolute atomic E-state index is 0.0626. The third kappa shape index (κ3) is 3.11. The second-order valence-electron chi connectivity index (χ2n) is 4.74. The van der Waals surface area contributed by atoms with E-state index >= 15 is 0 Å². The fraction of sp³-hybridized carbons (Fsp3) is 1.00. The molecule has 1 fully saturated rings. The summed E-state index contributed by atoms with van der Waals surface area (Å²) in [5, 5.41) is 0. The number of morpholine rings is 1. The molecule has 0 N–H and O–H groups in total. The van der Waals surface area contributed by atoms with Crippen LogP contribution in [0.25, 0.3) is 0 Å². The molecular weight excluding hydrogens is 150 g/mol. The predicted octanol–water partition coefficient (Wildman–Crippen LogP) is 1.75. The number of hydrogen-bond donors (Lipinski definition) is 0. The van der Waals surface area contributed by atoms with Crippen LogP contribution in [0.1, 0.15) is 27.7 Å². The van der Waals surface area contributed by atoms with Gasteiger partial charge in [-0.15, -0.1) is 0 Å². The van der Waals surface area contributed by atoms with Gasteiger partial charge in [-0.1, -0.05) is 13.8 Å². The summed E-state index contributed by atoms with van der Waals surface area (Å²) in [6, 6.07) is 0. The maximum absolute atomic E-state index is 5.64. The van der Waals surface area contributed by atoms with Gasteiger partial charge in [0.1, 0.15) is 0 Å². The van der Waals surface area contributed by atoms with Gasteiger partial charge >= 0.3 is 0 Å². The van der Waals surface area contributed by atoms with Gasteiger partial charge in [0.25, 0.3) is 0 Å². The molecular formula is C10H21NO. The van der Waals surface area contributed by atoms with Crippen LogP contribution in [-0.2, 0) is 4.74 Å². The number of nitrogens with zero attached hydrogens (tertiary/aromatic N) is 1. The van der Waals surface area contributed by atoms with Gasteiger partial charge in [-0.05, 0) is 19.8 Å². The van der Waals surface area contributed by atoms with Crippen molar-refractivity contribution in [1.82, 2.24) is 4.90 Å². The summed E-state index contributed by atoms with van der Waals surface area (Å²) < 4.78 is 5.64. The Hall–Kier alpha value is -0.0800. The normalized spacial score (nSPS) is 24.8. The largest absolute Gasteiger partial charge is 0.373 e. The van der Waals surface area contributed by atoms with Gasteiger partial charge in [0.15, 0.2) is 0 Å². The first-order valence-electron chi connectivity index (χ1n) is 4.86. The van der Waals surface area contributed by atoms with E-state index in [4.69, 9.17) is 4.74 Å². The molecule has 0 amide bonds. The van der Waals surface area contributed by atoms with Gasteiger partial charge in [0.2, 0.25) is 0 Å². The first-order chi connectivity index (χ1) is 5.49. The molecule has 1 rings (SSSR count). The molecule has 0 aliphatic carbocycles. The fourth-order valence-corrected chi connectivity index (χ4v) is 1.79. The Morgan fingerprint density at radius 3 is 2.58 bits per heavy atom. The minimum Gasteiger partial charge on any atom is -0.373 e. The topological polar surface area (TPSA) is 12.5 Å². The van der Waals surface area contributed by atoms with Crippen molar-refractivity contribution in [1.29, 1.82) is 0 Å². The van der Waals surface area contributed by atoms with Crippen LogP contribution in [0, 0.1) is 5.92 Å². The lowest BCUT2D eigenvalue weighted by atomic mass is 10.1. The molecule has 1 heterocycles. The summed E-state index contributed by atoms with van der Waals surface area (Å²) in [5.74, 6) is 0.763. The zero-order valence-electron chi connectivity index (χ0n) is 8.76. The predicted molar refractivity (Wildman–Crippen MR) is 51.3 cm³/mol. The summed E-state index contributed by atoms with van der Waals surface area (Å²) in [7, 11) is 0. The van der Waals surface area contributed by atoms with E-state index in [0.717, 1.165) is 25.6 Å². The summed E-state index contributed by atoms with van der Waals surface area (Å²) in [6.07, 6.45) is 0. The van der Waals surface area contributed by atoms with Gasteiger partial charge in [-0.3, -0.25) is 4.90 Å². The quantitative estimate of drug-likeness (QED) is 0.627. The van der Waals surface area contributed by atoms with Crippen molar-refractivity contribution in [3.8, 4) is 0 Å². The van der Waals surface area contributed by atoms with Crippen LogP contribution in [0.3, 0.4) is 0 Å². The van der Waals surface area contributed by atoms with E-state index in [2.05, 4.69) is 32.6 Å². The molecule has 0 atom stereocenters. The Labute approximate surface area is 75.9 Å². The zero-order chi connectivity index (χ0) is 9.19. The summed E-state index contributed by atoms with van der Waals surface area (Å²) in [5.41, 5.74) is 0.0626. The first kappa shape index (κ1) is 10.0. The van der Waals surface area contributed by atoms with E-state index in [9.17, 15) is 0 Å². The van der Waals surface area contributed by atoms with E-state index in [1.54, 1.807) is 0 Å². The molecule has 1 saturated heterocycles. The van der Waals surface area contributed by atoms with Crippen molar-refractivity contribution in [2.75, 3.05) is 26.2 Å². The van der Waals surface area contributed by atoms with Crippen LogP contribution < -0.4 is 0 Å². The molecule has 0 aromatic carbocycles. The van der Waals surface area contributed by atoms with Crippen LogP contribution in [0.5, 0.6) is 0 Å². The molecule has 2 nitrogen and oxygen atoms in total. The van der Waals surface area contributed by atoms with Gasteiger partial charge in [0.05, 0.1) is 12.2 Å². The third-order valence-electron chi connectivity index (χ3n) is 2.13. The number of hydrogen-bond acceptors (Lipinski definition) is 2. The highest BCUT2D eigenvalue weighted by Gasteiger charge is 2.26. The Balaban J connectivity index is 2.36. The van der Waals surface area contributed by atoms with Crippen LogP contribution in [0.2, 0.25) is 0 Å². The average Bonchev–Trinajstić information content (AvgIpc) is 1.82. The maximum atomic E-state index is 5.64. The number of rotatable bonds is 2. The molecule has 0 aromatic rings. The minimum atomic E-state index is 0.0626. The van der Waals surface area contributed by atoms with Gasteiger partial charge in [-0.2, -0.15) is 0 Å². The van der Waals surface area contributed by atoms with Gasteiger partial charge in [-0.25, -0.2) is 0 Å². The lowest BCUT2D eigenvalue weighted by Crippen LogP contribution is -2.49. The molecule has 0 radical (unpaired) electrons. The van der Waals surface area contributed by atoms with Crippen molar-refractivity contribution in [3.63, 3.8) is 0 Å². The Kier molecular flexibility index (Phi) is 3.13. The SMILES string of the molecule is CC(C)CN1CCOC(C)(C)C1. The van der Waals surface area contributed by atoms with Crippen molar-refractivity contribution in [3.05, 3.63) is 0 Å². The molecule has 0 unspecified atom stereocenters. The highest BCUT2D eigenvalue weighted by atomic mass is 16.5. The van der Waals surface area contributed by atoms with Crippen molar-refractivity contribution < 1.29 is 4.74 Å². The summed E-state index contributed by atoms with van der Waals surface area (Å²) >= 11 is 0. The maximum Gasteiger partial charge on any atom is 0.0753 e. The standard InChI is InChI=1S/C10H21NO/c1-9(2)7-11-5-6-12-10(3,4)8-11/h9H,5-8H2,1-4H3. The lowest BCUT2D eigenvalue weighted by Gasteiger charge is -2.38. The highest BCUT2D eigenvalue weighted by molar-refractivity contribution is 4.79. The Morgan fingerprint density at radius 2 is 2.08 bits per heavy atom. The zero-order valence-corrected chi connectivity index (χ0v) is 8.76. The van der Waals surface area contributed by atoms with E-state index < -0.39 is 0 Å². The highest BCUT2D eigenvalue weighted by Crippen LogP contribution is 2.16. The van der Waals surface area contributed by atoms with E-state index in [-0.39, 0.29) is 5.60 Å². The summed E-state index contributed by atoms with van der Waals surface area (Å²) in [6.45, 7) is 13.1. The van der Waals surface area contributed by atoms with Crippen molar-refractivity contribution in [2.24, 2.45) is 5.92 Å². The molecule has 0 bridgehead atoms. The van der Waals surface area contributed by atoms with Crippen LogP contribution in [-0.4, -0.2) is 36.7 Å². The van der Waals surface area contributed by atoms with E-state index in [1.165, 1.54) is 6.54 Å². The third-order valence-corrected chi connectivity index (χ3v) is 2.13. The summed E-state index contributed by atoms with van der Waals surface area (Å²) in [4.78, 5) is 2.49.